The molecule has 0 aliphatic carbocycles. The number of aromatic amines is 1. The van der Waals surface area contributed by atoms with E-state index in [1.54, 1.807) is 6.07 Å². The lowest BCUT2D eigenvalue weighted by atomic mass is 10.1. The fourth-order valence-corrected chi connectivity index (χ4v) is 3.23. The molecule has 0 bridgehead atoms. The highest BCUT2D eigenvalue weighted by Crippen LogP contribution is 2.32. The van der Waals surface area contributed by atoms with Gasteiger partial charge >= 0.3 is 0 Å². The van der Waals surface area contributed by atoms with Gasteiger partial charge in [-0.1, -0.05) is 0 Å². The van der Waals surface area contributed by atoms with Gasteiger partial charge in [-0.15, -0.1) is 11.3 Å². The second-order valence-electron chi connectivity index (χ2n) is 4.83. The molecule has 0 saturated carbocycles. The summed E-state index contributed by atoms with van der Waals surface area (Å²) in [6, 6.07) is 9.56. The molecule has 104 valence electrons. The molecule has 0 fully saturated rings. The van der Waals surface area contributed by atoms with Crippen LogP contribution >= 0.6 is 11.3 Å². The molecule has 0 atom stereocenters. The summed E-state index contributed by atoms with van der Waals surface area (Å²) in [5.41, 5.74) is 3.05. The first-order valence-electron chi connectivity index (χ1n) is 6.48. The minimum absolute atomic E-state index is 0.198. The Labute approximate surface area is 126 Å². The molecule has 0 spiro atoms. The number of thiophene rings is 1. The second kappa shape index (κ2) is 5.08. The number of nitriles is 1. The number of carbonyl (C=O) groups is 1. The number of aryl methyl sites for hydroxylation is 1. The Bertz CT molecular complexity index is 883. The number of rotatable bonds is 2. The molecule has 1 amide bonds. The zero-order chi connectivity index (χ0) is 15.0. The van der Waals surface area contributed by atoms with E-state index >= 15 is 0 Å². The van der Waals surface area contributed by atoms with Gasteiger partial charge in [-0.25, -0.2) is 0 Å². The highest BCUT2D eigenvalue weighted by atomic mass is 32.1. The van der Waals surface area contributed by atoms with E-state index < -0.39 is 0 Å². The number of anilines is 1. The Morgan fingerprint density at radius 3 is 2.90 bits per heavy atom. The molecule has 1 aromatic carbocycles. The molecule has 0 aliphatic heterocycles. The minimum Gasteiger partial charge on any atom is -0.361 e. The van der Waals surface area contributed by atoms with Crippen LogP contribution in [-0.4, -0.2) is 10.9 Å². The van der Waals surface area contributed by atoms with Gasteiger partial charge in [-0.2, -0.15) is 5.26 Å². The number of nitrogens with zero attached hydrogens (tertiary/aromatic N) is 1. The summed E-state index contributed by atoms with van der Waals surface area (Å²) in [7, 11) is 0. The summed E-state index contributed by atoms with van der Waals surface area (Å²) >= 11 is 1.43. The summed E-state index contributed by atoms with van der Waals surface area (Å²) in [5, 5.41) is 13.7. The van der Waals surface area contributed by atoms with Crippen molar-refractivity contribution in [3.05, 3.63) is 52.0 Å². The number of H-pyrrole nitrogens is 1. The van der Waals surface area contributed by atoms with E-state index in [9.17, 15) is 10.1 Å². The van der Waals surface area contributed by atoms with E-state index in [1.807, 2.05) is 38.2 Å². The molecule has 3 aromatic rings. The molecule has 2 N–H and O–H groups in total. The van der Waals surface area contributed by atoms with Crippen molar-refractivity contribution in [3.63, 3.8) is 0 Å². The molecule has 2 aromatic heterocycles. The number of carbonyl (C=O) groups excluding carboxylic acids is 1. The van der Waals surface area contributed by atoms with E-state index in [4.69, 9.17) is 0 Å². The van der Waals surface area contributed by atoms with E-state index in [1.165, 1.54) is 11.3 Å². The molecule has 0 radical (unpaired) electrons. The first-order valence-corrected chi connectivity index (χ1v) is 7.30. The second-order valence-corrected chi connectivity index (χ2v) is 6.06. The zero-order valence-corrected chi connectivity index (χ0v) is 12.5. The van der Waals surface area contributed by atoms with Crippen molar-refractivity contribution in [1.82, 2.24) is 4.98 Å². The van der Waals surface area contributed by atoms with Crippen molar-refractivity contribution in [3.8, 4) is 6.07 Å². The van der Waals surface area contributed by atoms with Gasteiger partial charge in [-0.05, 0) is 43.7 Å². The van der Waals surface area contributed by atoms with Crippen molar-refractivity contribution in [2.24, 2.45) is 0 Å². The fraction of sp³-hybridized carbons (Fsp3) is 0.125. The van der Waals surface area contributed by atoms with Crippen LogP contribution in [0.1, 0.15) is 26.4 Å². The van der Waals surface area contributed by atoms with Crippen molar-refractivity contribution >= 4 is 33.1 Å². The first-order chi connectivity index (χ1) is 10.1. The van der Waals surface area contributed by atoms with Crippen LogP contribution in [0.2, 0.25) is 0 Å². The third-order valence-corrected chi connectivity index (χ3v) is 4.66. The molecule has 5 heteroatoms. The molecule has 0 aliphatic rings. The topological polar surface area (TPSA) is 68.7 Å². The Kier molecular flexibility index (Phi) is 3.24. The lowest BCUT2D eigenvalue weighted by Gasteiger charge is -2.04. The monoisotopic (exact) mass is 295 g/mol. The standard InChI is InChI=1S/C16H13N3OS/c1-9-10(2)21-16(13(9)8-17)19-15(20)12-3-4-14-11(7-12)5-6-18-14/h3-7,18H,1-2H3,(H,19,20). The Morgan fingerprint density at radius 1 is 1.33 bits per heavy atom. The Balaban J connectivity index is 1.93. The van der Waals surface area contributed by atoms with Crippen LogP contribution in [0, 0.1) is 25.2 Å². The molecule has 0 unspecified atom stereocenters. The third-order valence-electron chi connectivity index (χ3n) is 3.54. The van der Waals surface area contributed by atoms with Crippen molar-refractivity contribution in [2.75, 3.05) is 5.32 Å². The van der Waals surface area contributed by atoms with Gasteiger partial charge in [0, 0.05) is 27.5 Å². The predicted octanol–water partition coefficient (Wildman–Crippen LogP) is 3.97. The smallest absolute Gasteiger partial charge is 0.256 e. The minimum atomic E-state index is -0.198. The summed E-state index contributed by atoms with van der Waals surface area (Å²) in [4.78, 5) is 16.5. The first kappa shape index (κ1) is 13.4. The average molecular weight is 295 g/mol. The number of amides is 1. The molecular weight excluding hydrogens is 282 g/mol. The molecule has 21 heavy (non-hydrogen) atoms. The van der Waals surface area contributed by atoms with E-state index in [0.29, 0.717) is 16.1 Å². The molecule has 3 rings (SSSR count). The van der Waals surface area contributed by atoms with Crippen LogP contribution in [0.25, 0.3) is 10.9 Å². The lowest BCUT2D eigenvalue weighted by molar-refractivity contribution is 0.102. The van der Waals surface area contributed by atoms with Crippen molar-refractivity contribution in [1.29, 1.82) is 5.26 Å². The number of nitrogens with one attached hydrogen (secondary N) is 2. The summed E-state index contributed by atoms with van der Waals surface area (Å²) in [5.74, 6) is -0.198. The molecular formula is C16H13N3OS. The fourth-order valence-electron chi connectivity index (χ4n) is 2.22. The largest absolute Gasteiger partial charge is 0.361 e. The number of aromatic nitrogens is 1. The van der Waals surface area contributed by atoms with Crippen LogP contribution in [0.3, 0.4) is 0 Å². The Hall–Kier alpha value is -2.58. The SMILES string of the molecule is Cc1sc(NC(=O)c2ccc3[nH]ccc3c2)c(C#N)c1C. The van der Waals surface area contributed by atoms with Crippen LogP contribution in [0.5, 0.6) is 0 Å². The quantitative estimate of drug-likeness (QED) is 0.751. The average Bonchev–Trinajstić information content (AvgIpc) is 3.03. The maximum atomic E-state index is 12.3. The highest BCUT2D eigenvalue weighted by molar-refractivity contribution is 7.16. The maximum Gasteiger partial charge on any atom is 0.256 e. The normalized spacial score (nSPS) is 10.5. The van der Waals surface area contributed by atoms with E-state index in [2.05, 4.69) is 16.4 Å². The molecule has 4 nitrogen and oxygen atoms in total. The van der Waals surface area contributed by atoms with Gasteiger partial charge in [0.25, 0.3) is 5.91 Å². The lowest BCUT2D eigenvalue weighted by Crippen LogP contribution is -2.11. The van der Waals surface area contributed by atoms with Crippen LogP contribution in [0.4, 0.5) is 5.00 Å². The molecule has 2 heterocycles. The van der Waals surface area contributed by atoms with Crippen molar-refractivity contribution < 1.29 is 4.79 Å². The molecule has 0 saturated heterocycles. The maximum absolute atomic E-state index is 12.3. The van der Waals surface area contributed by atoms with Gasteiger partial charge in [-0.3, -0.25) is 4.79 Å². The number of fused-ring (bicyclic) bond motifs is 1. The zero-order valence-electron chi connectivity index (χ0n) is 11.7. The third kappa shape index (κ3) is 2.30. The number of hydrogen-bond donors (Lipinski definition) is 2. The number of hydrogen-bond acceptors (Lipinski definition) is 3. The summed E-state index contributed by atoms with van der Waals surface area (Å²) in [6.07, 6.45) is 1.84. The number of benzene rings is 1. The van der Waals surface area contributed by atoms with E-state index in [-0.39, 0.29) is 5.91 Å². The highest BCUT2D eigenvalue weighted by Gasteiger charge is 2.15. The summed E-state index contributed by atoms with van der Waals surface area (Å²) in [6.45, 7) is 3.84. The van der Waals surface area contributed by atoms with Crippen molar-refractivity contribution in [2.45, 2.75) is 13.8 Å². The van der Waals surface area contributed by atoms with Crippen LogP contribution in [-0.2, 0) is 0 Å². The van der Waals surface area contributed by atoms with Gasteiger partial charge < -0.3 is 10.3 Å². The van der Waals surface area contributed by atoms with Gasteiger partial charge in [0.15, 0.2) is 0 Å². The van der Waals surface area contributed by atoms with Gasteiger partial charge in [0.2, 0.25) is 0 Å². The van der Waals surface area contributed by atoms with Gasteiger partial charge in [0.1, 0.15) is 11.1 Å². The predicted molar refractivity (Wildman–Crippen MR) is 84.8 cm³/mol. The van der Waals surface area contributed by atoms with Crippen LogP contribution in [0.15, 0.2) is 30.5 Å². The summed E-state index contributed by atoms with van der Waals surface area (Å²) < 4.78 is 0. The van der Waals surface area contributed by atoms with Gasteiger partial charge in [0.05, 0.1) is 5.56 Å². The Morgan fingerprint density at radius 2 is 2.14 bits per heavy atom. The van der Waals surface area contributed by atoms with Crippen LogP contribution < -0.4 is 5.32 Å². The van der Waals surface area contributed by atoms with E-state index in [0.717, 1.165) is 21.3 Å².